The van der Waals surface area contributed by atoms with Crippen molar-refractivity contribution in [3.05, 3.63) is 23.8 Å². The van der Waals surface area contributed by atoms with Gasteiger partial charge in [-0.05, 0) is 19.1 Å². The monoisotopic (exact) mass is 254 g/mol. The molecule has 0 spiro atoms. The number of benzene rings is 1. The predicted molar refractivity (Wildman–Crippen MR) is 69.5 cm³/mol. The number of rotatable bonds is 4. The van der Waals surface area contributed by atoms with Gasteiger partial charge < -0.3 is 15.2 Å². The van der Waals surface area contributed by atoms with Crippen LogP contribution in [-0.2, 0) is 4.74 Å². The van der Waals surface area contributed by atoms with Crippen LogP contribution in [0.25, 0.3) is 0 Å². The first-order valence-corrected chi connectivity index (χ1v) is 5.41. The molecule has 6 heteroatoms. The Morgan fingerprint density at radius 3 is 2.76 bits per heavy atom. The van der Waals surface area contributed by atoms with Crippen molar-refractivity contribution < 1.29 is 14.3 Å². The van der Waals surface area contributed by atoms with Gasteiger partial charge in [-0.15, -0.1) is 0 Å². The third-order valence-electron chi connectivity index (χ3n) is 2.01. The maximum atomic E-state index is 11.4. The Morgan fingerprint density at radius 1 is 1.53 bits per heavy atom. The van der Waals surface area contributed by atoms with E-state index in [0.717, 1.165) is 0 Å². The van der Waals surface area contributed by atoms with Crippen LogP contribution in [0.1, 0.15) is 12.5 Å². The van der Waals surface area contributed by atoms with Crippen LogP contribution < -0.4 is 15.8 Å². The first kappa shape index (κ1) is 13.2. The zero-order valence-electron chi connectivity index (χ0n) is 9.65. The van der Waals surface area contributed by atoms with Gasteiger partial charge in [0, 0.05) is 5.56 Å². The van der Waals surface area contributed by atoms with Crippen LogP contribution in [0.4, 0.5) is 10.5 Å². The van der Waals surface area contributed by atoms with Crippen LogP contribution >= 0.6 is 12.2 Å². The van der Waals surface area contributed by atoms with E-state index >= 15 is 0 Å². The maximum Gasteiger partial charge on any atom is 0.411 e. The number of ether oxygens (including phenoxy) is 2. The first-order valence-electron chi connectivity index (χ1n) is 5.00. The summed E-state index contributed by atoms with van der Waals surface area (Å²) in [6.07, 6.45) is -0.575. The van der Waals surface area contributed by atoms with Gasteiger partial charge in [0.2, 0.25) is 0 Å². The topological polar surface area (TPSA) is 73.6 Å². The van der Waals surface area contributed by atoms with Crippen molar-refractivity contribution in [3.63, 3.8) is 0 Å². The highest BCUT2D eigenvalue weighted by atomic mass is 32.1. The predicted octanol–water partition coefficient (Wildman–Crippen LogP) is 1.90. The fourth-order valence-corrected chi connectivity index (χ4v) is 1.47. The first-order chi connectivity index (χ1) is 8.10. The molecule has 0 radical (unpaired) electrons. The number of methoxy groups -OCH3 is 1. The Morgan fingerprint density at radius 2 is 2.24 bits per heavy atom. The van der Waals surface area contributed by atoms with Crippen LogP contribution in [-0.4, -0.2) is 24.8 Å². The van der Waals surface area contributed by atoms with Crippen molar-refractivity contribution in [1.82, 2.24) is 0 Å². The number of hydrogen-bond acceptors (Lipinski definition) is 4. The molecular weight excluding hydrogens is 240 g/mol. The number of hydrogen-bond donors (Lipinski definition) is 2. The molecule has 0 saturated carbocycles. The summed E-state index contributed by atoms with van der Waals surface area (Å²) in [6, 6.07) is 5.14. The highest BCUT2D eigenvalue weighted by Gasteiger charge is 2.14. The van der Waals surface area contributed by atoms with E-state index in [9.17, 15) is 4.79 Å². The van der Waals surface area contributed by atoms with E-state index < -0.39 is 6.09 Å². The van der Waals surface area contributed by atoms with Crippen LogP contribution in [0.15, 0.2) is 18.2 Å². The average molecular weight is 254 g/mol. The molecule has 0 aliphatic rings. The Labute approximate surface area is 105 Å². The molecule has 0 fully saturated rings. The number of nitrogens with one attached hydrogen (secondary N) is 1. The van der Waals surface area contributed by atoms with E-state index in [1.54, 1.807) is 25.1 Å². The zero-order chi connectivity index (χ0) is 12.8. The van der Waals surface area contributed by atoms with Crippen LogP contribution in [0.3, 0.4) is 0 Å². The fraction of sp³-hybridized carbons (Fsp3) is 0.273. The van der Waals surface area contributed by atoms with Gasteiger partial charge in [0.1, 0.15) is 10.7 Å². The minimum Gasteiger partial charge on any atom is -0.495 e. The minimum atomic E-state index is -0.575. The van der Waals surface area contributed by atoms with E-state index in [1.165, 1.54) is 7.11 Å². The second kappa shape index (κ2) is 6.05. The lowest BCUT2D eigenvalue weighted by atomic mass is 10.1. The summed E-state index contributed by atoms with van der Waals surface area (Å²) >= 11 is 4.90. The number of carbonyl (C=O) groups is 1. The lowest BCUT2D eigenvalue weighted by Crippen LogP contribution is -2.19. The summed E-state index contributed by atoms with van der Waals surface area (Å²) in [5.74, 6) is 0.475. The van der Waals surface area contributed by atoms with Gasteiger partial charge in [0.05, 0.1) is 19.4 Å². The van der Waals surface area contributed by atoms with Crippen molar-refractivity contribution in [1.29, 1.82) is 0 Å². The van der Waals surface area contributed by atoms with Crippen molar-refractivity contribution in [3.8, 4) is 5.75 Å². The third-order valence-corrected chi connectivity index (χ3v) is 2.23. The van der Waals surface area contributed by atoms with Crippen LogP contribution in [0, 0.1) is 0 Å². The zero-order valence-corrected chi connectivity index (χ0v) is 10.5. The third kappa shape index (κ3) is 3.32. The normalized spacial score (nSPS) is 9.53. The number of amides is 1. The van der Waals surface area contributed by atoms with Crippen molar-refractivity contribution in [2.45, 2.75) is 6.92 Å². The van der Waals surface area contributed by atoms with Gasteiger partial charge in [-0.2, -0.15) is 0 Å². The van der Waals surface area contributed by atoms with Crippen LogP contribution in [0.2, 0.25) is 0 Å². The fourth-order valence-electron chi connectivity index (χ4n) is 1.30. The molecule has 1 aromatic rings. The Kier molecular flexibility index (Phi) is 4.71. The maximum absolute atomic E-state index is 11.4. The number of para-hydroxylation sites is 1. The molecule has 1 aromatic carbocycles. The lowest BCUT2D eigenvalue weighted by molar-refractivity contribution is 0.168. The Bertz CT molecular complexity index is 435. The standard InChI is InChI=1S/C11H14N2O3S/c1-3-16-11(14)13-9-7(10(12)17)5-4-6-8(9)15-2/h4-6H,3H2,1-2H3,(H2,12,17)(H,13,14). The molecule has 0 unspecified atom stereocenters. The molecule has 0 aliphatic carbocycles. The molecule has 0 atom stereocenters. The van der Waals surface area contributed by atoms with Gasteiger partial charge >= 0.3 is 6.09 Å². The number of anilines is 1. The molecule has 0 aromatic heterocycles. The van der Waals surface area contributed by atoms with Gasteiger partial charge in [-0.3, -0.25) is 5.32 Å². The number of thiocarbonyl (C=S) groups is 1. The van der Waals surface area contributed by atoms with E-state index in [-0.39, 0.29) is 11.6 Å². The number of carbonyl (C=O) groups excluding carboxylic acids is 1. The summed E-state index contributed by atoms with van der Waals surface area (Å²) in [4.78, 5) is 11.6. The highest BCUT2D eigenvalue weighted by Crippen LogP contribution is 2.28. The van der Waals surface area contributed by atoms with Gasteiger partial charge in [0.15, 0.2) is 0 Å². The summed E-state index contributed by atoms with van der Waals surface area (Å²) < 4.78 is 9.92. The van der Waals surface area contributed by atoms with Crippen LogP contribution in [0.5, 0.6) is 5.75 Å². The second-order valence-electron chi connectivity index (χ2n) is 3.09. The molecule has 0 aliphatic heterocycles. The quantitative estimate of drug-likeness (QED) is 0.803. The molecule has 1 rings (SSSR count). The largest absolute Gasteiger partial charge is 0.495 e. The summed E-state index contributed by atoms with van der Waals surface area (Å²) in [5.41, 5.74) is 6.52. The molecule has 5 nitrogen and oxygen atoms in total. The molecule has 3 N–H and O–H groups in total. The van der Waals surface area contributed by atoms with Crippen molar-refractivity contribution >= 4 is 29.0 Å². The van der Waals surface area contributed by atoms with Crippen molar-refractivity contribution in [2.75, 3.05) is 19.0 Å². The molecule has 92 valence electrons. The van der Waals surface area contributed by atoms with E-state index in [1.807, 2.05) is 0 Å². The van der Waals surface area contributed by atoms with Gasteiger partial charge in [-0.25, -0.2) is 4.79 Å². The van der Waals surface area contributed by atoms with Gasteiger partial charge in [-0.1, -0.05) is 18.3 Å². The molecule has 0 bridgehead atoms. The molecule has 1 amide bonds. The average Bonchev–Trinajstić information content (AvgIpc) is 2.29. The SMILES string of the molecule is CCOC(=O)Nc1c(OC)cccc1C(N)=S. The molecule has 0 saturated heterocycles. The smallest absolute Gasteiger partial charge is 0.411 e. The molecule has 0 heterocycles. The second-order valence-corrected chi connectivity index (χ2v) is 3.53. The Balaban J connectivity index is 3.09. The summed E-state index contributed by atoms with van der Waals surface area (Å²) in [6.45, 7) is 2.00. The summed E-state index contributed by atoms with van der Waals surface area (Å²) in [5, 5.41) is 2.56. The van der Waals surface area contributed by atoms with E-state index in [0.29, 0.717) is 17.0 Å². The van der Waals surface area contributed by atoms with Gasteiger partial charge in [0.25, 0.3) is 0 Å². The highest BCUT2D eigenvalue weighted by molar-refractivity contribution is 7.80. The number of nitrogens with two attached hydrogens (primary N) is 1. The van der Waals surface area contributed by atoms with Crippen molar-refractivity contribution in [2.24, 2.45) is 5.73 Å². The molecule has 17 heavy (non-hydrogen) atoms. The van der Waals surface area contributed by atoms with E-state index in [4.69, 9.17) is 27.4 Å². The Hall–Kier alpha value is -1.82. The lowest BCUT2D eigenvalue weighted by Gasteiger charge is -2.13. The summed E-state index contributed by atoms with van der Waals surface area (Å²) in [7, 11) is 1.50. The minimum absolute atomic E-state index is 0.177. The van der Waals surface area contributed by atoms with E-state index in [2.05, 4.69) is 5.32 Å². The molecular formula is C11H14N2O3S.